The second-order valence-corrected chi connectivity index (χ2v) is 18.0. The number of imidazole rings is 1. The lowest BCUT2D eigenvalue weighted by Crippen LogP contribution is -2.76. The van der Waals surface area contributed by atoms with Crippen LogP contribution in [0.25, 0.3) is 50.0 Å². The highest BCUT2D eigenvalue weighted by atomic mass is 28.3. The molecule has 7 aromatic carbocycles. The third kappa shape index (κ3) is 4.88. The van der Waals surface area contributed by atoms with Gasteiger partial charge < -0.3 is 14.0 Å². The molecule has 1 aliphatic heterocycles. The van der Waals surface area contributed by atoms with Crippen LogP contribution in [0.4, 0.5) is 0 Å². The number of aryl methyl sites for hydroxylation is 1. The van der Waals surface area contributed by atoms with Crippen LogP contribution in [0.1, 0.15) is 0 Å². The van der Waals surface area contributed by atoms with E-state index in [2.05, 4.69) is 156 Å². The Balaban J connectivity index is 1.12. The summed E-state index contributed by atoms with van der Waals surface area (Å²) in [4.78, 5) is 9.78. The van der Waals surface area contributed by atoms with Gasteiger partial charge in [-0.15, -0.1) is 0 Å². The fourth-order valence-corrected chi connectivity index (χ4v) is 13.7. The SMILES string of the molecule is Cn1c(-c2cccc(Oc3ccc4c5cc6c(cc5n(-c5ccccn5)c4c3)Oc3ccccc3[Si]6(c3ccccc3)c3ccccc3)c2)nc2ccccc21. The molecular weight excluding hydrogens is 705 g/mol. The van der Waals surface area contributed by atoms with Crippen LogP contribution in [-0.2, 0) is 7.05 Å². The van der Waals surface area contributed by atoms with E-state index in [0.717, 1.165) is 73.0 Å². The largest absolute Gasteiger partial charge is 0.457 e. The number of ether oxygens (including phenoxy) is 2. The molecule has 0 atom stereocenters. The fraction of sp³-hybridized carbons (Fsp3) is 0.0204. The standard InChI is InChI=1S/C49H34N4O2Si/c1-52-41-22-9-8-21-40(41)51-49(52)33-15-14-16-34(29-33)54-35-26-27-38-39-31-47-45(32-43(39)53(42(38)30-35)48-25-12-13-28-50-48)55-44-23-10-11-24-46(44)56(47,36-17-4-2-5-18-36)37-19-6-3-7-20-37/h2-32H,1H3. The van der Waals surface area contributed by atoms with Crippen molar-refractivity contribution in [2.24, 2.45) is 7.05 Å². The van der Waals surface area contributed by atoms with Gasteiger partial charge in [-0.2, -0.15) is 0 Å². The molecule has 3 aromatic heterocycles. The van der Waals surface area contributed by atoms with Gasteiger partial charge in [0.05, 0.1) is 22.1 Å². The maximum Gasteiger partial charge on any atom is 0.188 e. The van der Waals surface area contributed by atoms with Crippen LogP contribution in [0.2, 0.25) is 0 Å². The van der Waals surface area contributed by atoms with Crippen molar-refractivity contribution in [3.63, 3.8) is 0 Å². The minimum absolute atomic E-state index is 0.727. The van der Waals surface area contributed by atoms with Gasteiger partial charge >= 0.3 is 0 Å². The minimum atomic E-state index is -2.84. The first-order chi connectivity index (χ1) is 27.7. The summed E-state index contributed by atoms with van der Waals surface area (Å²) in [6, 6.07) is 64.0. The van der Waals surface area contributed by atoms with Crippen molar-refractivity contribution >= 4 is 61.7 Å². The van der Waals surface area contributed by atoms with Gasteiger partial charge in [-0.3, -0.25) is 4.57 Å². The van der Waals surface area contributed by atoms with Gasteiger partial charge in [0.15, 0.2) is 8.07 Å². The predicted molar refractivity (Wildman–Crippen MR) is 228 cm³/mol. The summed E-state index contributed by atoms with van der Waals surface area (Å²) < 4.78 is 17.9. The molecule has 0 saturated heterocycles. The lowest BCUT2D eigenvalue weighted by molar-refractivity contribution is 0.483. The minimum Gasteiger partial charge on any atom is -0.457 e. The third-order valence-electron chi connectivity index (χ3n) is 11.2. The number of hydrogen-bond acceptors (Lipinski definition) is 4. The van der Waals surface area contributed by atoms with Crippen LogP contribution >= 0.6 is 0 Å². The van der Waals surface area contributed by atoms with E-state index in [4.69, 9.17) is 19.4 Å². The third-order valence-corrected chi connectivity index (χ3v) is 16.0. The zero-order chi connectivity index (χ0) is 37.2. The zero-order valence-electron chi connectivity index (χ0n) is 30.5. The maximum atomic E-state index is 6.92. The molecule has 266 valence electrons. The number of rotatable bonds is 6. The Morgan fingerprint density at radius 3 is 2.04 bits per heavy atom. The molecule has 10 aromatic rings. The summed E-state index contributed by atoms with van der Waals surface area (Å²) in [5, 5.41) is 7.33. The van der Waals surface area contributed by atoms with Gasteiger partial charge in [0.2, 0.25) is 0 Å². The molecule has 7 heteroatoms. The van der Waals surface area contributed by atoms with Gasteiger partial charge in [0, 0.05) is 41.7 Å². The Morgan fingerprint density at radius 2 is 1.25 bits per heavy atom. The van der Waals surface area contributed by atoms with Crippen LogP contribution in [-0.4, -0.2) is 27.2 Å². The molecule has 0 unspecified atom stereocenters. The Kier molecular flexibility index (Phi) is 7.30. The molecule has 11 rings (SSSR count). The van der Waals surface area contributed by atoms with E-state index >= 15 is 0 Å². The molecular formula is C49H34N4O2Si. The smallest absolute Gasteiger partial charge is 0.188 e. The van der Waals surface area contributed by atoms with E-state index in [9.17, 15) is 0 Å². The molecule has 0 saturated carbocycles. The van der Waals surface area contributed by atoms with E-state index in [1.807, 2.05) is 48.7 Å². The summed E-state index contributed by atoms with van der Waals surface area (Å²) in [7, 11) is -0.791. The number of para-hydroxylation sites is 3. The van der Waals surface area contributed by atoms with Crippen LogP contribution in [0.15, 0.2) is 188 Å². The molecule has 0 fully saturated rings. The summed E-state index contributed by atoms with van der Waals surface area (Å²) in [5.41, 5.74) is 5.05. The Bertz CT molecular complexity index is 3060. The van der Waals surface area contributed by atoms with Crippen LogP contribution in [0.3, 0.4) is 0 Å². The highest BCUT2D eigenvalue weighted by molar-refractivity contribution is 7.20. The van der Waals surface area contributed by atoms with E-state index < -0.39 is 8.07 Å². The van der Waals surface area contributed by atoms with Crippen molar-refractivity contribution in [1.82, 2.24) is 19.1 Å². The number of benzene rings is 7. The highest BCUT2D eigenvalue weighted by Gasteiger charge is 2.48. The lowest BCUT2D eigenvalue weighted by Gasteiger charge is -2.39. The summed E-state index contributed by atoms with van der Waals surface area (Å²) in [6.45, 7) is 0. The molecule has 1 aliphatic rings. The van der Waals surface area contributed by atoms with Gasteiger partial charge in [0.25, 0.3) is 0 Å². The van der Waals surface area contributed by atoms with Gasteiger partial charge in [-0.25, -0.2) is 9.97 Å². The van der Waals surface area contributed by atoms with Crippen molar-refractivity contribution in [3.8, 4) is 40.2 Å². The molecule has 0 spiro atoms. The summed E-state index contributed by atoms with van der Waals surface area (Å²) in [6.07, 6.45) is 1.84. The fourth-order valence-electron chi connectivity index (χ4n) is 8.73. The number of aromatic nitrogens is 4. The molecule has 4 heterocycles. The van der Waals surface area contributed by atoms with Crippen LogP contribution in [0.5, 0.6) is 23.0 Å². The Morgan fingerprint density at radius 1 is 0.536 bits per heavy atom. The maximum absolute atomic E-state index is 6.92. The van der Waals surface area contributed by atoms with Crippen molar-refractivity contribution in [1.29, 1.82) is 0 Å². The van der Waals surface area contributed by atoms with E-state index in [-0.39, 0.29) is 0 Å². The first-order valence-electron chi connectivity index (χ1n) is 18.8. The molecule has 0 aliphatic carbocycles. The second-order valence-electron chi connectivity index (χ2n) is 14.3. The first-order valence-corrected chi connectivity index (χ1v) is 20.8. The Hall–Kier alpha value is -7.22. The van der Waals surface area contributed by atoms with Crippen molar-refractivity contribution in [2.75, 3.05) is 0 Å². The summed E-state index contributed by atoms with van der Waals surface area (Å²) >= 11 is 0. The highest BCUT2D eigenvalue weighted by Crippen LogP contribution is 2.39. The topological polar surface area (TPSA) is 54.1 Å². The van der Waals surface area contributed by atoms with Crippen molar-refractivity contribution in [3.05, 3.63) is 188 Å². The van der Waals surface area contributed by atoms with Crippen molar-refractivity contribution in [2.45, 2.75) is 0 Å². The molecule has 0 N–H and O–H groups in total. The molecule has 6 nitrogen and oxygen atoms in total. The van der Waals surface area contributed by atoms with E-state index in [1.165, 1.54) is 20.7 Å². The quantitative estimate of drug-likeness (QED) is 0.160. The molecule has 56 heavy (non-hydrogen) atoms. The monoisotopic (exact) mass is 738 g/mol. The van der Waals surface area contributed by atoms with Crippen LogP contribution < -0.4 is 30.2 Å². The predicted octanol–water partition coefficient (Wildman–Crippen LogP) is 9.01. The normalized spacial score (nSPS) is 13.0. The van der Waals surface area contributed by atoms with Gasteiger partial charge in [-0.1, -0.05) is 109 Å². The number of pyridine rings is 1. The molecule has 0 radical (unpaired) electrons. The Labute approximate surface area is 324 Å². The average molecular weight is 739 g/mol. The van der Waals surface area contributed by atoms with Crippen molar-refractivity contribution < 1.29 is 9.47 Å². The zero-order valence-corrected chi connectivity index (χ0v) is 31.5. The van der Waals surface area contributed by atoms with Gasteiger partial charge in [-0.05, 0) is 81.4 Å². The summed E-state index contributed by atoms with van der Waals surface area (Å²) in [5.74, 6) is 4.94. The first kappa shape index (κ1) is 32.2. The second kappa shape index (κ2) is 12.7. The van der Waals surface area contributed by atoms with Crippen LogP contribution in [0, 0.1) is 0 Å². The number of hydrogen-bond donors (Lipinski definition) is 0. The van der Waals surface area contributed by atoms with E-state index in [0.29, 0.717) is 0 Å². The number of nitrogens with zero attached hydrogens (tertiary/aromatic N) is 4. The lowest BCUT2D eigenvalue weighted by atomic mass is 10.1. The van der Waals surface area contributed by atoms with E-state index in [1.54, 1.807) is 0 Å². The number of fused-ring (bicyclic) bond motifs is 6. The average Bonchev–Trinajstić information content (AvgIpc) is 3.76. The van der Waals surface area contributed by atoms with Gasteiger partial charge in [0.1, 0.15) is 34.6 Å². The molecule has 0 bridgehead atoms. The molecule has 0 amide bonds.